The fraction of sp³-hybridized carbons (Fsp3) is 0.214. The van der Waals surface area contributed by atoms with Crippen molar-refractivity contribution in [2.24, 2.45) is 0 Å². The highest BCUT2D eigenvalue weighted by atomic mass is 16.5. The van der Waals surface area contributed by atoms with Gasteiger partial charge in [-0.15, -0.1) is 0 Å². The summed E-state index contributed by atoms with van der Waals surface area (Å²) in [5.74, 6) is -0.514. The number of fused-ring (bicyclic) bond motifs is 1. The molecule has 1 heterocycles. The molecule has 0 saturated heterocycles. The predicted molar refractivity (Wildman–Crippen MR) is 136 cm³/mol. The third-order valence-electron chi connectivity index (χ3n) is 6.19. The summed E-state index contributed by atoms with van der Waals surface area (Å²) in [6, 6.07) is 12.3. The zero-order chi connectivity index (χ0) is 26.7. The SMILES string of the molecule is COC(=O)C[C@H](c1ccc(OC)c(OC)c1OC)c1c(O)ccc2c(=O)c(-c3ccc(O)cc3)coc12. The van der Waals surface area contributed by atoms with E-state index in [0.717, 1.165) is 0 Å². The average Bonchev–Trinajstić information content (AvgIpc) is 2.91. The molecule has 192 valence electrons. The number of phenolic OH excluding ortho intramolecular Hbond substituents is 2. The van der Waals surface area contributed by atoms with Gasteiger partial charge in [-0.1, -0.05) is 18.2 Å². The summed E-state index contributed by atoms with van der Waals surface area (Å²) < 4.78 is 27.4. The normalized spacial score (nSPS) is 11.7. The fourth-order valence-electron chi connectivity index (χ4n) is 4.40. The summed E-state index contributed by atoms with van der Waals surface area (Å²) in [4.78, 5) is 26.0. The van der Waals surface area contributed by atoms with E-state index in [1.54, 1.807) is 24.3 Å². The Kier molecular flexibility index (Phi) is 7.24. The molecule has 0 amide bonds. The van der Waals surface area contributed by atoms with Crippen molar-refractivity contribution in [1.29, 1.82) is 0 Å². The van der Waals surface area contributed by atoms with Gasteiger partial charge in [0.15, 0.2) is 11.5 Å². The minimum atomic E-state index is -0.839. The van der Waals surface area contributed by atoms with Crippen LogP contribution in [0.3, 0.4) is 0 Å². The van der Waals surface area contributed by atoms with Crippen LogP contribution in [0.15, 0.2) is 64.0 Å². The molecule has 9 nitrogen and oxygen atoms in total. The zero-order valence-electron chi connectivity index (χ0n) is 20.7. The summed E-state index contributed by atoms with van der Waals surface area (Å²) >= 11 is 0. The molecule has 4 rings (SSSR count). The van der Waals surface area contributed by atoms with Gasteiger partial charge < -0.3 is 33.6 Å². The van der Waals surface area contributed by atoms with Gasteiger partial charge in [-0.25, -0.2) is 0 Å². The van der Waals surface area contributed by atoms with E-state index in [9.17, 15) is 19.8 Å². The summed E-state index contributed by atoms with van der Waals surface area (Å²) in [6.45, 7) is 0. The molecule has 0 aliphatic carbocycles. The predicted octanol–water partition coefficient (Wildman–Crippen LogP) is 4.59. The Balaban J connectivity index is 2.00. The highest BCUT2D eigenvalue weighted by Gasteiger charge is 2.31. The Morgan fingerprint density at radius 1 is 0.892 bits per heavy atom. The van der Waals surface area contributed by atoms with E-state index in [2.05, 4.69) is 0 Å². The second-order valence-corrected chi connectivity index (χ2v) is 8.16. The first kappa shape index (κ1) is 25.4. The van der Waals surface area contributed by atoms with Gasteiger partial charge in [0.2, 0.25) is 11.2 Å². The Hall–Kier alpha value is -4.66. The molecule has 4 aromatic rings. The number of carbonyl (C=O) groups excluding carboxylic acids is 1. The second-order valence-electron chi connectivity index (χ2n) is 8.16. The van der Waals surface area contributed by atoms with Crippen LogP contribution in [-0.4, -0.2) is 44.6 Å². The van der Waals surface area contributed by atoms with Crippen molar-refractivity contribution >= 4 is 16.9 Å². The van der Waals surface area contributed by atoms with Crippen molar-refractivity contribution in [3.8, 4) is 39.9 Å². The molecule has 0 spiro atoms. The number of methoxy groups -OCH3 is 4. The van der Waals surface area contributed by atoms with E-state index >= 15 is 0 Å². The third kappa shape index (κ3) is 4.63. The first-order valence-corrected chi connectivity index (χ1v) is 11.3. The maximum atomic E-state index is 13.5. The molecule has 1 aromatic heterocycles. The Morgan fingerprint density at radius 3 is 2.22 bits per heavy atom. The molecule has 0 radical (unpaired) electrons. The quantitative estimate of drug-likeness (QED) is 0.330. The van der Waals surface area contributed by atoms with Gasteiger partial charge in [-0.05, 0) is 35.9 Å². The molecule has 37 heavy (non-hydrogen) atoms. The van der Waals surface area contributed by atoms with Crippen LogP contribution in [0.5, 0.6) is 28.7 Å². The minimum absolute atomic E-state index is 0.0654. The minimum Gasteiger partial charge on any atom is -0.508 e. The zero-order valence-corrected chi connectivity index (χ0v) is 20.7. The molecular weight excluding hydrogens is 480 g/mol. The van der Waals surface area contributed by atoms with Gasteiger partial charge in [-0.2, -0.15) is 0 Å². The number of phenols is 2. The fourth-order valence-corrected chi connectivity index (χ4v) is 4.40. The van der Waals surface area contributed by atoms with Crippen LogP contribution in [-0.2, 0) is 9.53 Å². The molecule has 1 atom stereocenters. The van der Waals surface area contributed by atoms with Crippen LogP contribution in [0.2, 0.25) is 0 Å². The van der Waals surface area contributed by atoms with Crippen LogP contribution in [0.25, 0.3) is 22.1 Å². The number of carbonyl (C=O) groups is 1. The molecule has 9 heteroatoms. The van der Waals surface area contributed by atoms with Crippen molar-refractivity contribution in [2.45, 2.75) is 12.3 Å². The van der Waals surface area contributed by atoms with Crippen LogP contribution in [0, 0.1) is 0 Å². The smallest absolute Gasteiger partial charge is 0.306 e. The van der Waals surface area contributed by atoms with Crippen LogP contribution < -0.4 is 19.6 Å². The molecule has 0 saturated carbocycles. The van der Waals surface area contributed by atoms with Crippen LogP contribution in [0.1, 0.15) is 23.5 Å². The van der Waals surface area contributed by atoms with Gasteiger partial charge in [0.1, 0.15) is 23.3 Å². The summed E-state index contributed by atoms with van der Waals surface area (Å²) in [5.41, 5.74) is 1.29. The van der Waals surface area contributed by atoms with Gasteiger partial charge >= 0.3 is 5.97 Å². The average molecular weight is 507 g/mol. The molecule has 0 unspecified atom stereocenters. The standard InChI is InChI=1S/C28H26O9/c1-33-22-12-10-17(27(35-3)28(22)36-4)19(13-23(31)34-2)24-21(30)11-9-18-25(32)20(14-37-26(18)24)15-5-7-16(29)8-6-15/h5-12,14,19,29-30H,13H2,1-4H3/t19-/m1/s1. The van der Waals surface area contributed by atoms with Gasteiger partial charge in [0, 0.05) is 17.0 Å². The second kappa shape index (κ2) is 10.5. The molecule has 0 fully saturated rings. The van der Waals surface area contributed by atoms with E-state index in [1.807, 2.05) is 0 Å². The molecule has 0 aliphatic rings. The summed E-state index contributed by atoms with van der Waals surface area (Å²) in [5, 5.41) is 20.8. The number of esters is 1. The monoisotopic (exact) mass is 506 g/mol. The third-order valence-corrected chi connectivity index (χ3v) is 6.19. The molecule has 3 aromatic carbocycles. The maximum absolute atomic E-state index is 13.5. The Morgan fingerprint density at radius 2 is 1.59 bits per heavy atom. The summed E-state index contributed by atoms with van der Waals surface area (Å²) in [7, 11) is 5.65. The topological polar surface area (TPSA) is 125 Å². The van der Waals surface area contributed by atoms with E-state index in [0.29, 0.717) is 22.6 Å². The van der Waals surface area contributed by atoms with Gasteiger partial charge in [0.25, 0.3) is 0 Å². The number of aromatic hydroxyl groups is 2. The number of ether oxygens (including phenoxy) is 4. The molecule has 0 bridgehead atoms. The first-order valence-electron chi connectivity index (χ1n) is 11.3. The van der Waals surface area contributed by atoms with Crippen molar-refractivity contribution in [2.75, 3.05) is 28.4 Å². The highest BCUT2D eigenvalue weighted by molar-refractivity contribution is 5.87. The maximum Gasteiger partial charge on any atom is 0.306 e. The lowest BCUT2D eigenvalue weighted by Crippen LogP contribution is -2.14. The van der Waals surface area contributed by atoms with Crippen molar-refractivity contribution < 1.29 is 38.4 Å². The van der Waals surface area contributed by atoms with Crippen LogP contribution in [0.4, 0.5) is 0 Å². The number of rotatable bonds is 8. The van der Waals surface area contributed by atoms with E-state index in [4.69, 9.17) is 23.4 Å². The first-order chi connectivity index (χ1) is 17.8. The number of hydrogen-bond donors (Lipinski definition) is 2. The Labute approximate surface area is 212 Å². The molecule has 0 aliphatic heterocycles. The molecule has 2 N–H and O–H groups in total. The highest BCUT2D eigenvalue weighted by Crippen LogP contribution is 2.48. The van der Waals surface area contributed by atoms with E-state index < -0.39 is 11.9 Å². The van der Waals surface area contributed by atoms with Crippen molar-refractivity contribution in [1.82, 2.24) is 0 Å². The molecular formula is C28H26O9. The van der Waals surface area contributed by atoms with E-state index in [1.165, 1.54) is 59.0 Å². The number of benzene rings is 3. The van der Waals surface area contributed by atoms with Gasteiger partial charge in [0.05, 0.1) is 45.8 Å². The largest absolute Gasteiger partial charge is 0.508 e. The lowest BCUT2D eigenvalue weighted by molar-refractivity contribution is -0.140. The van der Waals surface area contributed by atoms with Crippen LogP contribution >= 0.6 is 0 Å². The lowest BCUT2D eigenvalue weighted by atomic mass is 9.85. The van der Waals surface area contributed by atoms with Gasteiger partial charge in [-0.3, -0.25) is 9.59 Å². The lowest BCUT2D eigenvalue weighted by Gasteiger charge is -2.23. The summed E-state index contributed by atoms with van der Waals surface area (Å²) in [6.07, 6.45) is 1.10. The van der Waals surface area contributed by atoms with Crippen molar-refractivity contribution in [3.63, 3.8) is 0 Å². The van der Waals surface area contributed by atoms with E-state index in [-0.39, 0.29) is 51.2 Å². The Bertz CT molecular complexity index is 1500. The van der Waals surface area contributed by atoms with Crippen molar-refractivity contribution in [3.05, 3.63) is 76.1 Å². The number of hydrogen-bond acceptors (Lipinski definition) is 9.